The predicted molar refractivity (Wildman–Crippen MR) is 85.2 cm³/mol. The number of benzene rings is 1. The molecule has 1 atom stereocenters. The molecule has 0 fully saturated rings. The molecule has 0 heterocycles. The van der Waals surface area contributed by atoms with Crippen molar-refractivity contribution < 1.29 is 9.90 Å². The molecule has 0 aliphatic carbocycles. The van der Waals surface area contributed by atoms with E-state index < -0.39 is 6.09 Å². The second kappa shape index (κ2) is 10.2. The minimum Gasteiger partial charge on any atom is -0.465 e. The predicted octanol–water partition coefficient (Wildman–Crippen LogP) is 2.27. The van der Waals surface area contributed by atoms with Crippen molar-refractivity contribution >= 4 is 6.09 Å². The van der Waals surface area contributed by atoms with Gasteiger partial charge in [0.05, 0.1) is 0 Å². The van der Waals surface area contributed by atoms with Crippen molar-refractivity contribution in [2.75, 3.05) is 19.6 Å². The number of nitrogens with one attached hydrogen (secondary N) is 1. The van der Waals surface area contributed by atoms with Crippen LogP contribution in [0.5, 0.6) is 0 Å². The zero-order valence-corrected chi connectivity index (χ0v) is 12.8. The van der Waals surface area contributed by atoms with Gasteiger partial charge in [-0.1, -0.05) is 30.3 Å². The van der Waals surface area contributed by atoms with E-state index in [1.54, 1.807) is 0 Å². The lowest BCUT2D eigenvalue weighted by atomic mass is 10.1. The number of unbranched alkanes of at least 4 members (excludes halogenated alkanes) is 1. The van der Waals surface area contributed by atoms with Crippen LogP contribution in [0.1, 0.15) is 31.7 Å². The van der Waals surface area contributed by atoms with Crippen LogP contribution in [-0.2, 0) is 6.54 Å². The summed E-state index contributed by atoms with van der Waals surface area (Å²) in [5.74, 6) is 0. The van der Waals surface area contributed by atoms with Crippen LogP contribution in [-0.4, -0.2) is 41.8 Å². The first-order valence-corrected chi connectivity index (χ1v) is 7.57. The molecule has 5 nitrogen and oxygen atoms in total. The Bertz CT molecular complexity index is 398. The highest BCUT2D eigenvalue weighted by Gasteiger charge is 2.10. The van der Waals surface area contributed by atoms with Crippen LogP contribution in [0.15, 0.2) is 30.3 Å². The molecule has 1 rings (SSSR count). The van der Waals surface area contributed by atoms with E-state index >= 15 is 0 Å². The van der Waals surface area contributed by atoms with Crippen LogP contribution in [0.4, 0.5) is 4.79 Å². The Morgan fingerprint density at radius 1 is 1.29 bits per heavy atom. The molecule has 5 heteroatoms. The van der Waals surface area contributed by atoms with Crippen LogP contribution in [0, 0.1) is 0 Å². The number of nitrogens with two attached hydrogens (primary N) is 1. The third-order valence-corrected chi connectivity index (χ3v) is 3.43. The van der Waals surface area contributed by atoms with E-state index in [1.165, 1.54) is 5.56 Å². The summed E-state index contributed by atoms with van der Waals surface area (Å²) in [6.07, 6.45) is 1.94. The molecule has 1 aromatic rings. The van der Waals surface area contributed by atoms with Gasteiger partial charge in [0.2, 0.25) is 0 Å². The summed E-state index contributed by atoms with van der Waals surface area (Å²) in [5.41, 5.74) is 6.83. The molecule has 0 bridgehead atoms. The summed E-state index contributed by atoms with van der Waals surface area (Å²) in [4.78, 5) is 13.0. The second-order valence-electron chi connectivity index (χ2n) is 5.40. The van der Waals surface area contributed by atoms with E-state index in [4.69, 9.17) is 10.8 Å². The maximum Gasteiger partial charge on any atom is 0.404 e. The number of carboxylic acid groups (broad SMARTS) is 1. The summed E-state index contributed by atoms with van der Waals surface area (Å²) in [6, 6.07) is 10.3. The summed E-state index contributed by atoms with van der Waals surface area (Å²) in [6.45, 7) is 5.38. The average molecular weight is 293 g/mol. The highest BCUT2D eigenvalue weighted by atomic mass is 16.4. The van der Waals surface area contributed by atoms with E-state index in [-0.39, 0.29) is 6.04 Å². The Morgan fingerprint density at radius 3 is 2.62 bits per heavy atom. The van der Waals surface area contributed by atoms with Crippen LogP contribution in [0.3, 0.4) is 0 Å². The fourth-order valence-corrected chi connectivity index (χ4v) is 2.25. The Hall–Kier alpha value is -1.59. The van der Waals surface area contributed by atoms with Crippen molar-refractivity contribution in [2.24, 2.45) is 5.73 Å². The van der Waals surface area contributed by atoms with Crippen LogP contribution < -0.4 is 11.1 Å². The second-order valence-corrected chi connectivity index (χ2v) is 5.40. The maximum atomic E-state index is 10.6. The van der Waals surface area contributed by atoms with E-state index in [9.17, 15) is 4.79 Å². The highest BCUT2D eigenvalue weighted by molar-refractivity contribution is 5.64. The smallest absolute Gasteiger partial charge is 0.404 e. The molecule has 0 aromatic heterocycles. The Labute approximate surface area is 127 Å². The number of amides is 1. The average Bonchev–Trinajstić information content (AvgIpc) is 2.45. The van der Waals surface area contributed by atoms with Gasteiger partial charge in [-0.05, 0) is 44.8 Å². The van der Waals surface area contributed by atoms with Crippen LogP contribution in [0.2, 0.25) is 0 Å². The Kier molecular flexibility index (Phi) is 8.47. The Balaban J connectivity index is 2.45. The molecule has 118 valence electrons. The molecule has 0 saturated carbocycles. The molecule has 1 aromatic carbocycles. The number of hydrogen-bond acceptors (Lipinski definition) is 3. The minimum absolute atomic E-state index is 0.0321. The number of rotatable bonds is 10. The summed E-state index contributed by atoms with van der Waals surface area (Å²) < 4.78 is 0. The standard InChI is InChI=1S/C16H27N3O2/c1-14(18-16(20)21)9-12-19(11-6-5-10-17)13-15-7-3-2-4-8-15/h2-4,7-8,14,18H,5-6,9-13,17H2,1H3,(H,20,21)/t14-/m0/s1. The minimum atomic E-state index is -0.958. The fourth-order valence-electron chi connectivity index (χ4n) is 2.25. The molecular weight excluding hydrogens is 266 g/mol. The molecule has 0 aliphatic rings. The zero-order valence-electron chi connectivity index (χ0n) is 12.8. The van der Waals surface area contributed by atoms with E-state index in [1.807, 2.05) is 25.1 Å². The first-order valence-electron chi connectivity index (χ1n) is 7.57. The number of nitrogens with zero attached hydrogens (tertiary/aromatic N) is 1. The number of hydrogen-bond donors (Lipinski definition) is 3. The lowest BCUT2D eigenvalue weighted by Gasteiger charge is -2.24. The normalized spacial score (nSPS) is 12.3. The van der Waals surface area contributed by atoms with Crippen molar-refractivity contribution in [3.63, 3.8) is 0 Å². The summed E-state index contributed by atoms with van der Waals surface area (Å²) >= 11 is 0. The van der Waals surface area contributed by atoms with Crippen LogP contribution in [0.25, 0.3) is 0 Å². The lowest BCUT2D eigenvalue weighted by molar-refractivity contribution is 0.187. The molecule has 21 heavy (non-hydrogen) atoms. The third-order valence-electron chi connectivity index (χ3n) is 3.43. The van der Waals surface area contributed by atoms with E-state index in [0.29, 0.717) is 0 Å². The van der Waals surface area contributed by atoms with Gasteiger partial charge in [-0.15, -0.1) is 0 Å². The van der Waals surface area contributed by atoms with Gasteiger partial charge in [0.1, 0.15) is 0 Å². The van der Waals surface area contributed by atoms with Gasteiger partial charge in [0.15, 0.2) is 0 Å². The Morgan fingerprint density at radius 2 is 2.00 bits per heavy atom. The van der Waals surface area contributed by atoms with Gasteiger partial charge in [-0.25, -0.2) is 4.79 Å². The van der Waals surface area contributed by atoms with Gasteiger partial charge < -0.3 is 16.2 Å². The van der Waals surface area contributed by atoms with Gasteiger partial charge in [-0.3, -0.25) is 4.90 Å². The van der Waals surface area contributed by atoms with Gasteiger partial charge in [-0.2, -0.15) is 0 Å². The first-order chi connectivity index (χ1) is 10.1. The lowest BCUT2D eigenvalue weighted by Crippen LogP contribution is -2.35. The van der Waals surface area contributed by atoms with Gasteiger partial charge >= 0.3 is 6.09 Å². The third kappa shape index (κ3) is 8.32. The summed E-state index contributed by atoms with van der Waals surface area (Å²) in [5, 5.41) is 11.2. The molecule has 0 saturated heterocycles. The number of carbonyl (C=O) groups is 1. The van der Waals surface area contributed by atoms with Crippen LogP contribution >= 0.6 is 0 Å². The highest BCUT2D eigenvalue weighted by Crippen LogP contribution is 2.07. The monoisotopic (exact) mass is 293 g/mol. The van der Waals surface area contributed by atoms with Crippen molar-refractivity contribution in [2.45, 2.75) is 38.8 Å². The first kappa shape index (κ1) is 17.5. The molecule has 0 radical (unpaired) electrons. The van der Waals surface area contributed by atoms with E-state index in [2.05, 4.69) is 22.3 Å². The maximum absolute atomic E-state index is 10.6. The molecular formula is C16H27N3O2. The van der Waals surface area contributed by atoms with E-state index in [0.717, 1.165) is 45.4 Å². The van der Waals surface area contributed by atoms with Crippen molar-refractivity contribution in [1.29, 1.82) is 0 Å². The van der Waals surface area contributed by atoms with Gasteiger partial charge in [0, 0.05) is 19.1 Å². The largest absolute Gasteiger partial charge is 0.465 e. The molecule has 0 unspecified atom stereocenters. The topological polar surface area (TPSA) is 78.6 Å². The fraction of sp³-hybridized carbons (Fsp3) is 0.562. The molecule has 1 amide bonds. The quantitative estimate of drug-likeness (QED) is 0.578. The molecule has 4 N–H and O–H groups in total. The molecule has 0 aliphatic heterocycles. The van der Waals surface area contributed by atoms with Crippen molar-refractivity contribution in [3.8, 4) is 0 Å². The molecule has 0 spiro atoms. The SMILES string of the molecule is C[C@@H](CCN(CCCCN)Cc1ccccc1)NC(=O)O. The van der Waals surface area contributed by atoms with Crippen molar-refractivity contribution in [3.05, 3.63) is 35.9 Å². The van der Waals surface area contributed by atoms with Crippen molar-refractivity contribution in [1.82, 2.24) is 10.2 Å². The van der Waals surface area contributed by atoms with Gasteiger partial charge in [0.25, 0.3) is 0 Å². The summed E-state index contributed by atoms with van der Waals surface area (Å²) in [7, 11) is 0. The zero-order chi connectivity index (χ0) is 15.5.